The summed E-state index contributed by atoms with van der Waals surface area (Å²) in [4.78, 5) is 10.0. The van der Waals surface area contributed by atoms with E-state index in [-0.39, 0.29) is 35.5 Å². The molecule has 1 aliphatic rings. The van der Waals surface area contributed by atoms with Gasteiger partial charge in [-0.3, -0.25) is 0 Å². The fraction of sp³-hybridized carbons (Fsp3) is 0.800. The Bertz CT molecular complexity index is 98.4. The van der Waals surface area contributed by atoms with E-state index in [9.17, 15) is 9.90 Å². The van der Waals surface area contributed by atoms with Crippen molar-refractivity contribution in [2.75, 3.05) is 13.2 Å². The summed E-state index contributed by atoms with van der Waals surface area (Å²) in [5.74, 6) is -1.34. The second-order valence-corrected chi connectivity index (χ2v) is 1.88. The maximum atomic E-state index is 10.0. The quantitative estimate of drug-likeness (QED) is 0.345. The number of carboxylic acid groups (broad SMARTS) is 1. The van der Waals surface area contributed by atoms with Crippen LogP contribution in [-0.2, 0) is 9.53 Å². The van der Waals surface area contributed by atoms with Crippen molar-refractivity contribution in [2.24, 2.45) is 5.92 Å². The van der Waals surface area contributed by atoms with Gasteiger partial charge in [0.25, 0.3) is 0 Å². The van der Waals surface area contributed by atoms with Gasteiger partial charge in [-0.1, -0.05) is 0 Å². The Morgan fingerprint density at radius 3 is 2.56 bits per heavy atom. The van der Waals surface area contributed by atoms with Gasteiger partial charge in [0, 0.05) is 18.5 Å². The van der Waals surface area contributed by atoms with Crippen molar-refractivity contribution in [3.05, 3.63) is 0 Å². The van der Waals surface area contributed by atoms with Gasteiger partial charge in [0.05, 0.1) is 6.61 Å². The summed E-state index contributed by atoms with van der Waals surface area (Å²) in [6, 6.07) is 0. The molecule has 1 heterocycles. The molecule has 46 valence electrons. The molecule has 0 amide bonds. The van der Waals surface area contributed by atoms with Gasteiger partial charge in [-0.25, -0.2) is 0 Å². The van der Waals surface area contributed by atoms with E-state index in [0.717, 1.165) is 0 Å². The molecule has 0 aliphatic carbocycles. The maximum absolute atomic E-state index is 10.0. The number of hydrogen-bond donors (Lipinski definition) is 0. The molecule has 3 nitrogen and oxygen atoms in total. The van der Waals surface area contributed by atoms with Crippen LogP contribution in [0.2, 0.25) is 0 Å². The molecule has 0 radical (unpaired) electrons. The minimum Gasteiger partial charge on any atom is -0.550 e. The van der Waals surface area contributed by atoms with Crippen molar-refractivity contribution < 1.29 is 44.2 Å². The first-order valence-electron chi connectivity index (χ1n) is 2.59. The molecule has 1 aliphatic heterocycles. The Morgan fingerprint density at radius 1 is 1.67 bits per heavy atom. The Kier molecular flexibility index (Phi) is 4.48. The molecular weight excluding hydrogens is 131 g/mol. The molecule has 1 saturated heterocycles. The zero-order chi connectivity index (χ0) is 5.98. The third-order valence-corrected chi connectivity index (χ3v) is 1.26. The summed E-state index contributed by atoms with van der Waals surface area (Å²) in [5, 5.41) is 10.0. The van der Waals surface area contributed by atoms with Crippen LogP contribution in [0.3, 0.4) is 0 Å². The van der Waals surface area contributed by atoms with Gasteiger partial charge in [-0.2, -0.15) is 0 Å². The third-order valence-electron chi connectivity index (χ3n) is 1.26. The molecule has 0 bridgehead atoms. The average Bonchev–Trinajstić information content (AvgIpc) is 2.12. The van der Waals surface area contributed by atoms with Gasteiger partial charge in [0.15, 0.2) is 0 Å². The molecule has 0 aromatic rings. The average molecular weight is 138 g/mol. The SMILES string of the molecule is O=C([O-])C1CCOC1.[Na+]. The fourth-order valence-electron chi connectivity index (χ4n) is 0.720. The molecular formula is C5H7NaO3. The van der Waals surface area contributed by atoms with Crippen LogP contribution in [0.25, 0.3) is 0 Å². The molecule has 9 heavy (non-hydrogen) atoms. The summed E-state index contributed by atoms with van der Waals surface area (Å²) in [6.45, 7) is 0.904. The molecule has 0 saturated carbocycles. The van der Waals surface area contributed by atoms with Crippen molar-refractivity contribution in [1.29, 1.82) is 0 Å². The van der Waals surface area contributed by atoms with E-state index in [4.69, 9.17) is 4.74 Å². The van der Waals surface area contributed by atoms with E-state index in [2.05, 4.69) is 0 Å². The third kappa shape index (κ3) is 2.67. The number of carboxylic acids is 1. The number of rotatable bonds is 1. The van der Waals surface area contributed by atoms with E-state index < -0.39 is 5.97 Å². The standard InChI is InChI=1S/C5H8O3.Na/c6-5(7)4-1-2-8-3-4;/h4H,1-3H2,(H,6,7);/q;+1/p-1. The predicted octanol–water partition coefficient (Wildman–Crippen LogP) is -4.22. The molecule has 1 rings (SSSR count). The maximum Gasteiger partial charge on any atom is 1.00 e. The van der Waals surface area contributed by atoms with E-state index in [0.29, 0.717) is 19.6 Å². The zero-order valence-electron chi connectivity index (χ0n) is 5.42. The van der Waals surface area contributed by atoms with E-state index in [1.165, 1.54) is 0 Å². The minimum atomic E-state index is -0.984. The van der Waals surface area contributed by atoms with Crippen LogP contribution in [0.15, 0.2) is 0 Å². The number of aliphatic carboxylic acids is 1. The molecule has 0 aromatic heterocycles. The van der Waals surface area contributed by atoms with Gasteiger partial charge in [-0.15, -0.1) is 0 Å². The smallest absolute Gasteiger partial charge is 0.550 e. The van der Waals surface area contributed by atoms with E-state index >= 15 is 0 Å². The van der Waals surface area contributed by atoms with Gasteiger partial charge >= 0.3 is 29.6 Å². The molecule has 0 spiro atoms. The van der Waals surface area contributed by atoms with Crippen LogP contribution >= 0.6 is 0 Å². The van der Waals surface area contributed by atoms with Crippen LogP contribution < -0.4 is 34.7 Å². The van der Waals surface area contributed by atoms with Crippen molar-refractivity contribution in [2.45, 2.75) is 6.42 Å². The molecule has 0 aromatic carbocycles. The number of carbonyl (C=O) groups is 1. The Labute approximate surface area is 75.7 Å². The topological polar surface area (TPSA) is 49.4 Å². The van der Waals surface area contributed by atoms with Crippen LogP contribution in [0.4, 0.5) is 0 Å². The summed E-state index contributed by atoms with van der Waals surface area (Å²) < 4.78 is 4.80. The molecule has 1 atom stereocenters. The van der Waals surface area contributed by atoms with Crippen LogP contribution in [-0.4, -0.2) is 19.2 Å². The van der Waals surface area contributed by atoms with Gasteiger partial charge < -0.3 is 14.6 Å². The number of hydrogen-bond acceptors (Lipinski definition) is 3. The summed E-state index contributed by atoms with van der Waals surface area (Å²) in [7, 11) is 0. The summed E-state index contributed by atoms with van der Waals surface area (Å²) >= 11 is 0. The second kappa shape index (κ2) is 4.28. The van der Waals surface area contributed by atoms with Crippen LogP contribution in [0.5, 0.6) is 0 Å². The van der Waals surface area contributed by atoms with Crippen molar-refractivity contribution in [3.63, 3.8) is 0 Å². The number of ether oxygens (including phenoxy) is 1. The molecule has 4 heteroatoms. The van der Waals surface area contributed by atoms with Gasteiger partial charge in [0.1, 0.15) is 0 Å². The van der Waals surface area contributed by atoms with Crippen molar-refractivity contribution in [3.8, 4) is 0 Å². The van der Waals surface area contributed by atoms with Crippen LogP contribution in [0.1, 0.15) is 6.42 Å². The monoisotopic (exact) mass is 138 g/mol. The Morgan fingerprint density at radius 2 is 2.33 bits per heavy atom. The minimum absolute atomic E-state index is 0. The normalized spacial score (nSPS) is 25.1. The van der Waals surface area contributed by atoms with Crippen molar-refractivity contribution >= 4 is 5.97 Å². The molecule has 0 N–H and O–H groups in total. The summed E-state index contributed by atoms with van der Waals surface area (Å²) in [6.07, 6.45) is 0.613. The Hall–Kier alpha value is 0.430. The van der Waals surface area contributed by atoms with Gasteiger partial charge in [0.2, 0.25) is 0 Å². The summed E-state index contributed by atoms with van der Waals surface area (Å²) in [5.41, 5.74) is 0. The fourth-order valence-corrected chi connectivity index (χ4v) is 0.720. The van der Waals surface area contributed by atoms with E-state index in [1.807, 2.05) is 0 Å². The van der Waals surface area contributed by atoms with Crippen molar-refractivity contribution in [1.82, 2.24) is 0 Å². The first kappa shape index (κ1) is 9.43. The molecule has 1 fully saturated rings. The predicted molar refractivity (Wildman–Crippen MR) is 23.9 cm³/mol. The van der Waals surface area contributed by atoms with E-state index in [1.54, 1.807) is 0 Å². The largest absolute Gasteiger partial charge is 1.00 e. The second-order valence-electron chi connectivity index (χ2n) is 1.88. The Balaban J connectivity index is 0.000000640. The van der Waals surface area contributed by atoms with Gasteiger partial charge in [-0.05, 0) is 6.42 Å². The zero-order valence-corrected chi connectivity index (χ0v) is 7.42. The number of carbonyl (C=O) groups excluding carboxylic acids is 1. The first-order chi connectivity index (χ1) is 3.80. The van der Waals surface area contributed by atoms with Crippen LogP contribution in [0, 0.1) is 5.92 Å². The molecule has 1 unspecified atom stereocenters. The first-order valence-corrected chi connectivity index (χ1v) is 2.59.